The van der Waals surface area contributed by atoms with Crippen LogP contribution in [-0.4, -0.2) is 23.4 Å². The molecule has 0 radical (unpaired) electrons. The summed E-state index contributed by atoms with van der Waals surface area (Å²) in [4.78, 5) is 0. The summed E-state index contributed by atoms with van der Waals surface area (Å²) in [6.45, 7) is 2.88. The standard InChI is InChI=1S/C2H3Cl.C2H6O2/c1-2-3;3-1-2-4/h2H,1H2;3-4H,1-2H2. The Hall–Kier alpha value is -0.0500. The molecule has 0 saturated carbocycles. The van der Waals surface area contributed by atoms with Crippen LogP contribution in [0, 0.1) is 0 Å². The third-order valence-corrected chi connectivity index (χ3v) is 0.1000. The Labute approximate surface area is 48.0 Å². The second-order valence-corrected chi connectivity index (χ2v) is 0.910. The van der Waals surface area contributed by atoms with Crippen molar-refractivity contribution in [2.75, 3.05) is 13.2 Å². The molecule has 0 aliphatic rings. The molecular weight excluding hydrogens is 115 g/mol. The van der Waals surface area contributed by atoms with Crippen molar-refractivity contribution in [1.82, 2.24) is 0 Å². The molecule has 44 valence electrons. The molecule has 0 aromatic rings. The fraction of sp³-hybridized carbons (Fsp3) is 0.500. The molecule has 0 atom stereocenters. The predicted molar refractivity (Wildman–Crippen MR) is 30.2 cm³/mol. The summed E-state index contributed by atoms with van der Waals surface area (Å²) in [7, 11) is 0. The van der Waals surface area contributed by atoms with Gasteiger partial charge in [-0.15, -0.1) is 0 Å². The fourth-order valence-corrected chi connectivity index (χ4v) is 0. The molecule has 0 spiro atoms. The molecule has 0 aromatic heterocycles. The van der Waals surface area contributed by atoms with Crippen LogP contribution in [0.15, 0.2) is 12.1 Å². The van der Waals surface area contributed by atoms with E-state index in [4.69, 9.17) is 21.8 Å². The molecule has 0 aliphatic carbocycles. The van der Waals surface area contributed by atoms with Gasteiger partial charge in [-0.1, -0.05) is 18.2 Å². The van der Waals surface area contributed by atoms with E-state index in [0.29, 0.717) is 0 Å². The topological polar surface area (TPSA) is 40.5 Å². The van der Waals surface area contributed by atoms with E-state index < -0.39 is 0 Å². The first-order valence-electron chi connectivity index (χ1n) is 1.76. The molecule has 0 saturated heterocycles. The van der Waals surface area contributed by atoms with Gasteiger partial charge in [0.25, 0.3) is 0 Å². The van der Waals surface area contributed by atoms with Crippen molar-refractivity contribution in [1.29, 1.82) is 0 Å². The Balaban J connectivity index is 0. The highest BCUT2D eigenvalue weighted by atomic mass is 35.5. The fourth-order valence-electron chi connectivity index (χ4n) is 0. The second kappa shape index (κ2) is 16.8. The number of aliphatic hydroxyl groups is 2. The largest absolute Gasteiger partial charge is 0.394 e. The normalized spacial score (nSPS) is 6.14. The number of hydrogen-bond donors (Lipinski definition) is 2. The highest BCUT2D eigenvalue weighted by Gasteiger charge is 1.58. The van der Waals surface area contributed by atoms with Crippen LogP contribution in [0.1, 0.15) is 0 Å². The number of hydrogen-bond acceptors (Lipinski definition) is 2. The van der Waals surface area contributed by atoms with E-state index in [9.17, 15) is 0 Å². The molecule has 0 unspecified atom stereocenters. The minimum atomic E-state index is -0.125. The average Bonchev–Trinajstić information content (AvgIpc) is 1.69. The highest BCUT2D eigenvalue weighted by Crippen LogP contribution is 1.60. The van der Waals surface area contributed by atoms with E-state index in [-0.39, 0.29) is 13.2 Å². The van der Waals surface area contributed by atoms with Gasteiger partial charge in [0.2, 0.25) is 0 Å². The van der Waals surface area contributed by atoms with Gasteiger partial charge < -0.3 is 10.2 Å². The highest BCUT2D eigenvalue weighted by molar-refractivity contribution is 6.25. The molecule has 0 aromatic carbocycles. The summed E-state index contributed by atoms with van der Waals surface area (Å²) in [5, 5.41) is 15.2. The first kappa shape index (κ1) is 10.0. The molecule has 0 amide bonds. The summed E-state index contributed by atoms with van der Waals surface area (Å²) < 4.78 is 0. The van der Waals surface area contributed by atoms with Crippen molar-refractivity contribution in [3.05, 3.63) is 12.1 Å². The summed E-state index contributed by atoms with van der Waals surface area (Å²) in [6, 6.07) is 0. The van der Waals surface area contributed by atoms with Crippen LogP contribution in [0.3, 0.4) is 0 Å². The summed E-state index contributed by atoms with van der Waals surface area (Å²) >= 11 is 4.76. The molecule has 0 heterocycles. The maximum atomic E-state index is 7.62. The Morgan fingerprint density at radius 1 is 1.43 bits per heavy atom. The van der Waals surface area contributed by atoms with Crippen LogP contribution >= 0.6 is 11.6 Å². The maximum Gasteiger partial charge on any atom is 0.0662 e. The maximum absolute atomic E-state index is 7.62. The first-order valence-corrected chi connectivity index (χ1v) is 2.20. The van der Waals surface area contributed by atoms with Gasteiger partial charge >= 0.3 is 0 Å². The van der Waals surface area contributed by atoms with E-state index in [1.807, 2.05) is 0 Å². The monoisotopic (exact) mass is 124 g/mol. The van der Waals surface area contributed by atoms with Crippen LogP contribution < -0.4 is 0 Å². The third-order valence-electron chi connectivity index (χ3n) is 0.1000. The summed E-state index contributed by atoms with van der Waals surface area (Å²) in [5.41, 5.74) is 1.22. The Morgan fingerprint density at radius 2 is 1.57 bits per heavy atom. The number of aliphatic hydroxyl groups excluding tert-OH is 2. The van der Waals surface area contributed by atoms with Crippen molar-refractivity contribution in [2.24, 2.45) is 0 Å². The van der Waals surface area contributed by atoms with Gasteiger partial charge in [0.1, 0.15) is 0 Å². The second-order valence-electron chi connectivity index (χ2n) is 0.602. The molecular formula is C4H9ClO2. The van der Waals surface area contributed by atoms with Crippen LogP contribution in [0.25, 0.3) is 0 Å². The molecule has 0 aliphatic heterocycles. The Kier molecular flexibility index (Phi) is 24.0. The zero-order chi connectivity index (χ0) is 6.12. The van der Waals surface area contributed by atoms with E-state index in [2.05, 4.69) is 6.58 Å². The average molecular weight is 125 g/mol. The van der Waals surface area contributed by atoms with Gasteiger partial charge in [-0.25, -0.2) is 0 Å². The quantitative estimate of drug-likeness (QED) is 0.529. The summed E-state index contributed by atoms with van der Waals surface area (Å²) in [6.07, 6.45) is 0. The number of rotatable bonds is 1. The van der Waals surface area contributed by atoms with Crippen molar-refractivity contribution in [2.45, 2.75) is 0 Å². The molecule has 0 fully saturated rings. The van der Waals surface area contributed by atoms with Crippen molar-refractivity contribution >= 4 is 11.6 Å². The zero-order valence-corrected chi connectivity index (χ0v) is 4.73. The predicted octanol–water partition coefficient (Wildman–Crippen LogP) is 0.340. The molecule has 0 rings (SSSR count). The van der Waals surface area contributed by atoms with E-state index in [0.717, 1.165) is 0 Å². The lowest BCUT2D eigenvalue weighted by atomic mass is 10.8. The van der Waals surface area contributed by atoms with Crippen LogP contribution in [0.4, 0.5) is 0 Å². The minimum Gasteiger partial charge on any atom is -0.394 e. The van der Waals surface area contributed by atoms with Gasteiger partial charge in [0, 0.05) is 0 Å². The Morgan fingerprint density at radius 3 is 1.57 bits per heavy atom. The molecule has 2 N–H and O–H groups in total. The van der Waals surface area contributed by atoms with E-state index in [1.54, 1.807) is 0 Å². The van der Waals surface area contributed by atoms with Gasteiger partial charge in [0.15, 0.2) is 0 Å². The minimum absolute atomic E-state index is 0.125. The van der Waals surface area contributed by atoms with Crippen LogP contribution in [0.5, 0.6) is 0 Å². The van der Waals surface area contributed by atoms with Crippen molar-refractivity contribution < 1.29 is 10.2 Å². The first-order chi connectivity index (χ1) is 3.33. The van der Waals surface area contributed by atoms with Crippen molar-refractivity contribution in [3.8, 4) is 0 Å². The van der Waals surface area contributed by atoms with Crippen LogP contribution in [-0.2, 0) is 0 Å². The van der Waals surface area contributed by atoms with E-state index in [1.165, 1.54) is 5.54 Å². The molecule has 0 bridgehead atoms. The lowest BCUT2D eigenvalue weighted by Gasteiger charge is -1.70. The molecule has 7 heavy (non-hydrogen) atoms. The third kappa shape index (κ3) is 103. The number of halogens is 1. The van der Waals surface area contributed by atoms with Crippen molar-refractivity contribution in [3.63, 3.8) is 0 Å². The van der Waals surface area contributed by atoms with Crippen LogP contribution in [0.2, 0.25) is 0 Å². The lowest BCUT2D eigenvalue weighted by Crippen LogP contribution is -1.85. The van der Waals surface area contributed by atoms with Gasteiger partial charge in [-0.3, -0.25) is 0 Å². The van der Waals surface area contributed by atoms with Gasteiger partial charge in [-0.2, -0.15) is 0 Å². The molecule has 3 heteroatoms. The lowest BCUT2D eigenvalue weighted by molar-refractivity contribution is 0.186. The van der Waals surface area contributed by atoms with Gasteiger partial charge in [-0.05, 0) is 5.54 Å². The van der Waals surface area contributed by atoms with E-state index >= 15 is 0 Å². The molecule has 2 nitrogen and oxygen atoms in total. The Bertz CT molecular complexity index is 28.9. The zero-order valence-electron chi connectivity index (χ0n) is 3.97. The smallest absolute Gasteiger partial charge is 0.0662 e. The SMILES string of the molecule is C=CCl.OCCO. The summed E-state index contributed by atoms with van der Waals surface area (Å²) in [5.74, 6) is 0. The van der Waals surface area contributed by atoms with Gasteiger partial charge in [0.05, 0.1) is 13.2 Å².